The number of thioether (sulfide) groups is 1. The van der Waals surface area contributed by atoms with Gasteiger partial charge >= 0.3 is 5.97 Å². The monoisotopic (exact) mass is 306 g/mol. The molecule has 1 aromatic heterocycles. The maximum atomic E-state index is 12.1. The number of carbonyl (C=O) groups is 3. The number of ether oxygens (including phenoxy) is 1. The van der Waals surface area contributed by atoms with Crippen LogP contribution in [0.5, 0.6) is 0 Å². The molecule has 0 aromatic carbocycles. The lowest BCUT2D eigenvalue weighted by atomic mass is 10.3. The molecule has 6 nitrogen and oxygen atoms in total. The van der Waals surface area contributed by atoms with E-state index in [0.717, 1.165) is 22.4 Å². The van der Waals surface area contributed by atoms with Crippen molar-refractivity contribution in [2.75, 3.05) is 13.2 Å². The summed E-state index contributed by atoms with van der Waals surface area (Å²) in [4.78, 5) is 40.7. The molecule has 21 heavy (non-hydrogen) atoms. The first-order chi connectivity index (χ1) is 10.0. The summed E-state index contributed by atoms with van der Waals surface area (Å²) in [6, 6.07) is 5.40. The number of esters is 1. The number of aromatic nitrogens is 1. The van der Waals surface area contributed by atoms with E-state index in [1.54, 1.807) is 19.1 Å². The molecule has 1 aliphatic rings. The third-order valence-electron chi connectivity index (χ3n) is 2.65. The average molecular weight is 306 g/mol. The number of hydrogen-bond donors (Lipinski definition) is 0. The number of imide groups is 1. The van der Waals surface area contributed by atoms with Crippen LogP contribution < -0.4 is 0 Å². The predicted molar refractivity (Wildman–Crippen MR) is 78.3 cm³/mol. The topological polar surface area (TPSA) is 76.6 Å². The summed E-state index contributed by atoms with van der Waals surface area (Å²) < 4.78 is 4.74. The summed E-state index contributed by atoms with van der Waals surface area (Å²) in [5, 5.41) is -0.480. The molecule has 1 aromatic rings. The molecule has 2 heterocycles. The van der Waals surface area contributed by atoms with Gasteiger partial charge in [0.05, 0.1) is 17.2 Å². The van der Waals surface area contributed by atoms with Gasteiger partial charge < -0.3 is 4.74 Å². The molecule has 1 saturated heterocycles. The molecular formula is C14H14N2O4S. The van der Waals surface area contributed by atoms with Gasteiger partial charge in [-0.1, -0.05) is 6.07 Å². The van der Waals surface area contributed by atoms with Crippen LogP contribution in [-0.4, -0.2) is 40.2 Å². The van der Waals surface area contributed by atoms with E-state index in [2.05, 4.69) is 4.98 Å². The van der Waals surface area contributed by atoms with Crippen LogP contribution in [-0.2, 0) is 14.3 Å². The number of rotatable bonds is 4. The first-order valence-electron chi connectivity index (χ1n) is 6.36. The largest absolute Gasteiger partial charge is 0.465 e. The second-order valence-electron chi connectivity index (χ2n) is 4.28. The van der Waals surface area contributed by atoms with E-state index in [1.807, 2.05) is 19.1 Å². The second kappa shape index (κ2) is 6.53. The summed E-state index contributed by atoms with van der Waals surface area (Å²) in [5.41, 5.74) is 1.41. The Labute approximate surface area is 126 Å². The fourth-order valence-electron chi connectivity index (χ4n) is 1.75. The molecule has 0 atom stereocenters. The highest BCUT2D eigenvalue weighted by molar-refractivity contribution is 8.18. The first-order valence-corrected chi connectivity index (χ1v) is 7.17. The highest BCUT2D eigenvalue weighted by Gasteiger charge is 2.36. The van der Waals surface area contributed by atoms with E-state index in [-0.39, 0.29) is 18.1 Å². The molecule has 2 rings (SSSR count). The van der Waals surface area contributed by atoms with Crippen molar-refractivity contribution in [1.82, 2.24) is 9.88 Å². The van der Waals surface area contributed by atoms with E-state index in [0.29, 0.717) is 5.69 Å². The van der Waals surface area contributed by atoms with Gasteiger partial charge in [-0.3, -0.25) is 24.3 Å². The second-order valence-corrected chi connectivity index (χ2v) is 5.27. The SMILES string of the molecule is CCOC(=O)CN1C(=O)S/C(=C\c2cccc(C)n2)C1=O. The molecule has 0 bridgehead atoms. The van der Waals surface area contributed by atoms with Crippen LogP contribution in [0.25, 0.3) is 6.08 Å². The van der Waals surface area contributed by atoms with E-state index in [4.69, 9.17) is 4.74 Å². The number of carbonyl (C=O) groups excluding carboxylic acids is 3. The number of aryl methyl sites for hydroxylation is 1. The predicted octanol–water partition coefficient (Wildman–Crippen LogP) is 1.99. The number of pyridine rings is 1. The normalized spacial score (nSPS) is 16.7. The Balaban J connectivity index is 2.16. The fourth-order valence-corrected chi connectivity index (χ4v) is 2.57. The molecule has 0 saturated carbocycles. The van der Waals surface area contributed by atoms with E-state index in [1.165, 1.54) is 0 Å². The van der Waals surface area contributed by atoms with Crippen LogP contribution in [0.15, 0.2) is 23.1 Å². The van der Waals surface area contributed by atoms with Gasteiger partial charge in [0.25, 0.3) is 11.1 Å². The highest BCUT2D eigenvalue weighted by atomic mass is 32.2. The molecule has 7 heteroatoms. The van der Waals surface area contributed by atoms with Crippen molar-refractivity contribution in [3.05, 3.63) is 34.5 Å². The summed E-state index contributed by atoms with van der Waals surface area (Å²) in [5.74, 6) is -1.10. The lowest BCUT2D eigenvalue weighted by Crippen LogP contribution is -2.34. The Kier molecular flexibility index (Phi) is 4.74. The van der Waals surface area contributed by atoms with Crippen molar-refractivity contribution in [2.45, 2.75) is 13.8 Å². The molecule has 0 N–H and O–H groups in total. The maximum absolute atomic E-state index is 12.1. The van der Waals surface area contributed by atoms with E-state index >= 15 is 0 Å². The van der Waals surface area contributed by atoms with Gasteiger partial charge in [-0.25, -0.2) is 0 Å². The van der Waals surface area contributed by atoms with Gasteiger partial charge in [0.2, 0.25) is 0 Å². The molecule has 0 radical (unpaired) electrons. The Morgan fingerprint density at radius 3 is 2.86 bits per heavy atom. The standard InChI is InChI=1S/C14H14N2O4S/c1-3-20-12(17)8-16-13(18)11(21-14(16)19)7-10-6-4-5-9(2)15-10/h4-7H,3,8H2,1-2H3/b11-7-. The molecule has 0 aliphatic carbocycles. The first kappa shape index (κ1) is 15.2. The van der Waals surface area contributed by atoms with Crippen LogP contribution in [0.3, 0.4) is 0 Å². The molecule has 1 fully saturated rings. The van der Waals surface area contributed by atoms with Crippen LogP contribution in [0, 0.1) is 6.92 Å². The highest BCUT2D eigenvalue weighted by Crippen LogP contribution is 2.31. The Morgan fingerprint density at radius 2 is 2.19 bits per heavy atom. The Bertz CT molecular complexity index is 627. The minimum atomic E-state index is -0.602. The molecule has 0 spiro atoms. The van der Waals surface area contributed by atoms with Crippen molar-refractivity contribution in [3.8, 4) is 0 Å². The molecular weight excluding hydrogens is 292 g/mol. The van der Waals surface area contributed by atoms with Crippen molar-refractivity contribution in [1.29, 1.82) is 0 Å². The van der Waals surface area contributed by atoms with Gasteiger partial charge in [0, 0.05) is 5.69 Å². The quantitative estimate of drug-likeness (QED) is 0.625. The summed E-state index contributed by atoms with van der Waals surface area (Å²) in [6.07, 6.45) is 1.54. The number of amides is 2. The lowest BCUT2D eigenvalue weighted by molar-refractivity contribution is -0.145. The maximum Gasteiger partial charge on any atom is 0.326 e. The van der Waals surface area contributed by atoms with E-state index < -0.39 is 17.1 Å². The third kappa shape index (κ3) is 3.69. The van der Waals surface area contributed by atoms with Crippen molar-refractivity contribution in [3.63, 3.8) is 0 Å². The van der Waals surface area contributed by atoms with Crippen molar-refractivity contribution >= 4 is 35.0 Å². The minimum absolute atomic E-state index is 0.206. The van der Waals surface area contributed by atoms with Crippen molar-refractivity contribution in [2.24, 2.45) is 0 Å². The van der Waals surface area contributed by atoms with Crippen molar-refractivity contribution < 1.29 is 19.1 Å². The zero-order valence-corrected chi connectivity index (χ0v) is 12.5. The molecule has 1 aliphatic heterocycles. The summed E-state index contributed by atoms with van der Waals surface area (Å²) in [7, 11) is 0. The average Bonchev–Trinajstić information content (AvgIpc) is 2.67. The van der Waals surface area contributed by atoms with Crippen LogP contribution >= 0.6 is 11.8 Å². The Hall–Kier alpha value is -2.15. The van der Waals surface area contributed by atoms with Gasteiger partial charge in [-0.2, -0.15) is 0 Å². The van der Waals surface area contributed by atoms with Crippen LogP contribution in [0.2, 0.25) is 0 Å². The van der Waals surface area contributed by atoms with Gasteiger partial charge in [0.15, 0.2) is 0 Å². The van der Waals surface area contributed by atoms with E-state index in [9.17, 15) is 14.4 Å². The number of hydrogen-bond acceptors (Lipinski definition) is 6. The van der Waals surface area contributed by atoms with Crippen LogP contribution in [0.1, 0.15) is 18.3 Å². The number of nitrogens with zero attached hydrogens (tertiary/aromatic N) is 2. The van der Waals surface area contributed by atoms with Gasteiger partial charge in [-0.05, 0) is 43.8 Å². The molecule has 2 amide bonds. The minimum Gasteiger partial charge on any atom is -0.465 e. The van der Waals surface area contributed by atoms with Crippen LogP contribution in [0.4, 0.5) is 4.79 Å². The summed E-state index contributed by atoms with van der Waals surface area (Å²) >= 11 is 0.793. The molecule has 0 unspecified atom stereocenters. The lowest BCUT2D eigenvalue weighted by Gasteiger charge is -2.10. The smallest absolute Gasteiger partial charge is 0.326 e. The third-order valence-corrected chi connectivity index (χ3v) is 3.56. The fraction of sp³-hybridized carbons (Fsp3) is 0.286. The van der Waals surface area contributed by atoms with Gasteiger partial charge in [-0.15, -0.1) is 0 Å². The molecule has 110 valence electrons. The zero-order valence-electron chi connectivity index (χ0n) is 11.7. The summed E-state index contributed by atoms with van der Waals surface area (Å²) in [6.45, 7) is 3.34. The zero-order chi connectivity index (χ0) is 15.4. The van der Waals surface area contributed by atoms with Gasteiger partial charge in [0.1, 0.15) is 6.54 Å². The Morgan fingerprint density at radius 1 is 1.43 bits per heavy atom.